The van der Waals surface area contributed by atoms with E-state index in [0.29, 0.717) is 30.3 Å². The summed E-state index contributed by atoms with van der Waals surface area (Å²) in [6, 6.07) is 14.0. The minimum atomic E-state index is -1.26. The first-order chi connectivity index (χ1) is 16.8. The quantitative estimate of drug-likeness (QED) is 0.279. The molecule has 186 valence electrons. The molecule has 0 spiro atoms. The molecule has 0 fully saturated rings. The largest absolute Gasteiger partial charge is 0.487 e. The average molecular weight is 503 g/mol. The van der Waals surface area contributed by atoms with E-state index >= 15 is 0 Å². The number of hydrogen-bond acceptors (Lipinski definition) is 6. The van der Waals surface area contributed by atoms with Crippen LogP contribution in [0.3, 0.4) is 0 Å². The minimum Gasteiger partial charge on any atom is -0.487 e. The van der Waals surface area contributed by atoms with Crippen LogP contribution in [0.4, 0.5) is 11.4 Å². The first kappa shape index (κ1) is 27.4. The molecule has 0 aliphatic carbocycles. The molecule has 0 saturated heterocycles. The van der Waals surface area contributed by atoms with Crippen molar-refractivity contribution in [3.05, 3.63) is 77.4 Å². The lowest BCUT2D eigenvalue weighted by Crippen LogP contribution is -2.21. The number of anilines is 2. The van der Waals surface area contributed by atoms with E-state index in [2.05, 4.69) is 16.3 Å². The van der Waals surface area contributed by atoms with E-state index in [4.69, 9.17) is 31.7 Å². The second kappa shape index (κ2) is 14.4. The van der Waals surface area contributed by atoms with Gasteiger partial charge in [-0.2, -0.15) is 0 Å². The predicted octanol–water partition coefficient (Wildman–Crippen LogP) is 4.09. The minimum absolute atomic E-state index is 0.525. The Morgan fingerprint density at radius 2 is 1.63 bits per heavy atom. The van der Waals surface area contributed by atoms with E-state index in [1.54, 1.807) is 6.08 Å². The lowest BCUT2D eigenvalue weighted by Gasteiger charge is -2.26. The van der Waals surface area contributed by atoms with E-state index in [0.717, 1.165) is 54.7 Å². The van der Waals surface area contributed by atoms with Crippen molar-refractivity contribution in [1.29, 1.82) is 0 Å². The van der Waals surface area contributed by atoms with Gasteiger partial charge in [0.25, 0.3) is 0 Å². The number of hydrogen-bond donors (Lipinski definition) is 4. The molecule has 4 N–H and O–H groups in total. The zero-order valence-corrected chi connectivity index (χ0v) is 19.6. The maximum Gasteiger partial charge on any atom is 0.328 e. The Hall–Kier alpha value is -3.82. The van der Waals surface area contributed by atoms with Gasteiger partial charge in [0.1, 0.15) is 12.4 Å². The van der Waals surface area contributed by atoms with Crippen molar-refractivity contribution in [3.63, 3.8) is 0 Å². The fourth-order valence-electron chi connectivity index (χ4n) is 3.25. The standard InChI is InChI=1S/C21H23ClN2O3.C4H4O4/c22-17-10-9-16-15-27-20-7-2-1-6-18(20)24(19(16)14-17)13-4-3-11-23-12-5-8-21(25)26;5-3(6)1-2-4(7)8/h1-2,5-10,14,23H,3-4,11-13,15H2,(H,25,26);1-2H,(H,5,6)(H,7,8)/b8-5+;2-1-. The summed E-state index contributed by atoms with van der Waals surface area (Å²) >= 11 is 6.25. The number of nitrogens with zero attached hydrogens (tertiary/aromatic N) is 1. The number of para-hydroxylation sites is 2. The van der Waals surface area contributed by atoms with Crippen molar-refractivity contribution in [2.24, 2.45) is 0 Å². The highest BCUT2D eigenvalue weighted by atomic mass is 35.5. The average Bonchev–Trinajstić information content (AvgIpc) is 2.96. The number of rotatable bonds is 10. The number of carboxylic acids is 3. The number of carbonyl (C=O) groups is 3. The third-order valence-electron chi connectivity index (χ3n) is 4.75. The van der Waals surface area contributed by atoms with E-state index in [-0.39, 0.29) is 0 Å². The van der Waals surface area contributed by atoms with Crippen LogP contribution >= 0.6 is 11.6 Å². The number of halogens is 1. The van der Waals surface area contributed by atoms with Crippen LogP contribution in [0.5, 0.6) is 5.75 Å². The Morgan fingerprint density at radius 3 is 2.31 bits per heavy atom. The molecule has 1 aliphatic heterocycles. The molecule has 1 heterocycles. The third kappa shape index (κ3) is 9.91. The van der Waals surface area contributed by atoms with Crippen LogP contribution in [0, 0.1) is 0 Å². The number of aliphatic carboxylic acids is 3. The summed E-state index contributed by atoms with van der Waals surface area (Å²) in [4.78, 5) is 31.8. The lowest BCUT2D eigenvalue weighted by molar-refractivity contribution is -0.134. The van der Waals surface area contributed by atoms with Gasteiger partial charge in [0.05, 0.1) is 5.69 Å². The summed E-state index contributed by atoms with van der Waals surface area (Å²) in [6.07, 6.45) is 5.85. The number of nitrogens with one attached hydrogen (secondary N) is 1. The Balaban J connectivity index is 0.000000466. The normalized spacial score (nSPS) is 12.2. The van der Waals surface area contributed by atoms with E-state index in [1.165, 1.54) is 0 Å². The van der Waals surface area contributed by atoms with Crippen LogP contribution < -0.4 is 15.0 Å². The summed E-state index contributed by atoms with van der Waals surface area (Å²) in [5.74, 6) is -2.56. The van der Waals surface area contributed by atoms with Gasteiger partial charge in [-0.15, -0.1) is 0 Å². The summed E-state index contributed by atoms with van der Waals surface area (Å²) in [5, 5.41) is 28.1. The Labute approximate surface area is 207 Å². The summed E-state index contributed by atoms with van der Waals surface area (Å²) in [5.41, 5.74) is 3.26. The van der Waals surface area contributed by atoms with Gasteiger partial charge in [-0.05, 0) is 43.7 Å². The van der Waals surface area contributed by atoms with Crippen molar-refractivity contribution in [1.82, 2.24) is 5.32 Å². The summed E-state index contributed by atoms with van der Waals surface area (Å²) in [6.45, 7) is 2.77. The van der Waals surface area contributed by atoms with Gasteiger partial charge in [0.2, 0.25) is 0 Å². The summed E-state index contributed by atoms with van der Waals surface area (Å²) < 4.78 is 5.98. The molecule has 10 heteroatoms. The topological polar surface area (TPSA) is 136 Å². The van der Waals surface area contributed by atoms with Gasteiger partial charge in [0, 0.05) is 47.6 Å². The highest BCUT2D eigenvalue weighted by molar-refractivity contribution is 6.30. The van der Waals surface area contributed by atoms with Crippen molar-refractivity contribution in [2.75, 3.05) is 24.5 Å². The molecule has 0 bridgehead atoms. The van der Waals surface area contributed by atoms with Gasteiger partial charge < -0.3 is 30.3 Å². The second-order valence-corrected chi connectivity index (χ2v) is 7.78. The Morgan fingerprint density at radius 1 is 0.943 bits per heavy atom. The Kier molecular flexibility index (Phi) is 11.3. The number of benzene rings is 2. The van der Waals surface area contributed by atoms with Crippen LogP contribution in [-0.4, -0.2) is 52.9 Å². The molecule has 2 aromatic carbocycles. The number of carboxylic acid groups (broad SMARTS) is 3. The fourth-order valence-corrected chi connectivity index (χ4v) is 3.41. The van der Waals surface area contributed by atoms with Crippen molar-refractivity contribution in [3.8, 4) is 5.75 Å². The molecule has 9 nitrogen and oxygen atoms in total. The maximum atomic E-state index is 10.4. The number of unbranched alkanes of at least 4 members (excludes halogenated alkanes) is 1. The van der Waals surface area contributed by atoms with Crippen LogP contribution in [0.15, 0.2) is 66.8 Å². The molecule has 0 atom stereocenters. The SMILES string of the molecule is O=C(O)/C=C/CNCCCCN1c2cc(Cl)ccc2COc2ccccc21.O=C(O)/C=C\C(=O)O. The highest BCUT2D eigenvalue weighted by Gasteiger charge is 2.21. The first-order valence-electron chi connectivity index (χ1n) is 10.8. The van der Waals surface area contributed by atoms with Crippen LogP contribution in [0.25, 0.3) is 0 Å². The van der Waals surface area contributed by atoms with Gasteiger partial charge >= 0.3 is 17.9 Å². The molecular formula is C25H27ClN2O7. The van der Waals surface area contributed by atoms with Gasteiger partial charge in [-0.3, -0.25) is 0 Å². The molecule has 0 saturated carbocycles. The first-order valence-corrected chi connectivity index (χ1v) is 11.2. The zero-order chi connectivity index (χ0) is 25.6. The lowest BCUT2D eigenvalue weighted by atomic mass is 10.1. The van der Waals surface area contributed by atoms with Crippen LogP contribution in [-0.2, 0) is 21.0 Å². The van der Waals surface area contributed by atoms with Crippen molar-refractivity contribution in [2.45, 2.75) is 19.4 Å². The summed E-state index contributed by atoms with van der Waals surface area (Å²) in [7, 11) is 0. The fraction of sp³-hybridized carbons (Fsp3) is 0.240. The highest BCUT2D eigenvalue weighted by Crippen LogP contribution is 2.40. The number of ether oxygens (including phenoxy) is 1. The zero-order valence-electron chi connectivity index (χ0n) is 18.9. The van der Waals surface area contributed by atoms with Crippen LogP contribution in [0.1, 0.15) is 18.4 Å². The van der Waals surface area contributed by atoms with Crippen molar-refractivity contribution < 1.29 is 34.4 Å². The third-order valence-corrected chi connectivity index (χ3v) is 4.99. The van der Waals surface area contributed by atoms with Crippen LogP contribution in [0.2, 0.25) is 5.02 Å². The number of fused-ring (bicyclic) bond motifs is 2. The van der Waals surface area contributed by atoms with Gasteiger partial charge in [-0.25, -0.2) is 14.4 Å². The predicted molar refractivity (Wildman–Crippen MR) is 133 cm³/mol. The molecule has 35 heavy (non-hydrogen) atoms. The molecule has 3 rings (SSSR count). The second-order valence-electron chi connectivity index (χ2n) is 7.34. The molecule has 1 aliphatic rings. The molecule has 0 aromatic heterocycles. The van der Waals surface area contributed by atoms with Crippen molar-refractivity contribution >= 4 is 40.9 Å². The van der Waals surface area contributed by atoms with E-state index in [1.807, 2.05) is 36.4 Å². The molecule has 0 amide bonds. The van der Waals surface area contributed by atoms with Gasteiger partial charge in [0.15, 0.2) is 0 Å². The molecule has 0 radical (unpaired) electrons. The van der Waals surface area contributed by atoms with E-state index < -0.39 is 17.9 Å². The monoisotopic (exact) mass is 502 g/mol. The molecular weight excluding hydrogens is 476 g/mol. The van der Waals surface area contributed by atoms with E-state index in [9.17, 15) is 14.4 Å². The molecule has 0 unspecified atom stereocenters. The molecule has 2 aromatic rings. The Bertz CT molecular complexity index is 1070. The van der Waals surface area contributed by atoms with Gasteiger partial charge in [-0.1, -0.05) is 35.9 Å². The smallest absolute Gasteiger partial charge is 0.328 e. The maximum absolute atomic E-state index is 10.4.